The SMILES string of the molecule is CC[C@@H](C(=O)N[C@H]1CCc2ccccc2N(Cc2c(OC)ccc3cc(Br)ccc23)C1=O)N(CC)C(=O)OC(C)(C)C. The van der Waals surface area contributed by atoms with E-state index in [0.717, 1.165) is 32.1 Å². The van der Waals surface area contributed by atoms with Gasteiger partial charge < -0.3 is 19.7 Å². The third kappa shape index (κ3) is 6.89. The number of likely N-dealkylation sites (N-methyl/N-ethyl adjacent to an activating group) is 1. The van der Waals surface area contributed by atoms with Crippen LogP contribution < -0.4 is 15.0 Å². The maximum Gasteiger partial charge on any atom is 0.410 e. The fourth-order valence-electron chi connectivity index (χ4n) is 5.48. The Balaban J connectivity index is 1.67. The average Bonchev–Trinajstić information content (AvgIpc) is 3.07. The van der Waals surface area contributed by atoms with E-state index in [2.05, 4.69) is 21.2 Å². The first kappa shape index (κ1) is 31.3. The lowest BCUT2D eigenvalue weighted by molar-refractivity contribution is -0.131. The Bertz CT molecular complexity index is 1470. The standard InChI is InChI=1S/C33H40BrN3O5/c1-7-27(36(8-2)32(40)42-33(3,4)5)30(38)35-26-17-13-21-11-9-10-12-28(21)37(31(26)39)20-25-24-16-15-23(34)19-22(24)14-18-29(25)41-6/h9-12,14-16,18-19,26-27H,7-8,13,17,20H2,1-6H3,(H,35,38)/t26-,27-/m0/s1. The van der Waals surface area contributed by atoms with Gasteiger partial charge in [-0.2, -0.15) is 0 Å². The average molecular weight is 639 g/mol. The maximum absolute atomic E-state index is 14.3. The molecule has 0 saturated heterocycles. The summed E-state index contributed by atoms with van der Waals surface area (Å²) in [6.07, 6.45) is 0.880. The van der Waals surface area contributed by atoms with Gasteiger partial charge in [0.1, 0.15) is 23.4 Å². The van der Waals surface area contributed by atoms with E-state index in [-0.39, 0.29) is 18.4 Å². The number of hydrogen-bond donors (Lipinski definition) is 1. The van der Waals surface area contributed by atoms with Crippen molar-refractivity contribution < 1.29 is 23.9 Å². The number of para-hydroxylation sites is 1. The molecule has 0 aromatic heterocycles. The van der Waals surface area contributed by atoms with Gasteiger partial charge in [-0.3, -0.25) is 14.5 Å². The highest BCUT2D eigenvalue weighted by Crippen LogP contribution is 2.35. The molecule has 0 unspecified atom stereocenters. The Kier molecular flexibility index (Phi) is 9.82. The molecule has 1 heterocycles. The zero-order valence-electron chi connectivity index (χ0n) is 25.2. The summed E-state index contributed by atoms with van der Waals surface area (Å²) in [5.41, 5.74) is 2.03. The summed E-state index contributed by atoms with van der Waals surface area (Å²) in [6.45, 7) is 9.60. The normalized spacial score (nSPS) is 15.9. The molecule has 4 rings (SSSR count). The lowest BCUT2D eigenvalue weighted by atomic mass is 10.0. The van der Waals surface area contributed by atoms with Crippen molar-refractivity contribution in [1.29, 1.82) is 0 Å². The highest BCUT2D eigenvalue weighted by atomic mass is 79.9. The number of nitrogens with zero attached hydrogens (tertiary/aromatic N) is 2. The molecule has 9 heteroatoms. The molecule has 8 nitrogen and oxygen atoms in total. The van der Waals surface area contributed by atoms with E-state index < -0.39 is 23.8 Å². The number of aryl methyl sites for hydroxylation is 1. The van der Waals surface area contributed by atoms with Crippen LogP contribution in [0.3, 0.4) is 0 Å². The zero-order valence-corrected chi connectivity index (χ0v) is 26.8. The van der Waals surface area contributed by atoms with E-state index in [4.69, 9.17) is 9.47 Å². The van der Waals surface area contributed by atoms with Crippen LogP contribution in [0.15, 0.2) is 59.1 Å². The summed E-state index contributed by atoms with van der Waals surface area (Å²) in [5.74, 6) is 0.101. The van der Waals surface area contributed by atoms with Gasteiger partial charge in [-0.25, -0.2) is 4.79 Å². The summed E-state index contributed by atoms with van der Waals surface area (Å²) < 4.78 is 12.3. The van der Waals surface area contributed by atoms with Crippen molar-refractivity contribution in [2.24, 2.45) is 0 Å². The predicted molar refractivity (Wildman–Crippen MR) is 169 cm³/mol. The smallest absolute Gasteiger partial charge is 0.410 e. The van der Waals surface area contributed by atoms with E-state index in [1.54, 1.807) is 32.8 Å². The summed E-state index contributed by atoms with van der Waals surface area (Å²) in [6, 6.07) is 16.3. The van der Waals surface area contributed by atoms with Crippen molar-refractivity contribution in [3.05, 3.63) is 70.2 Å². The second-order valence-corrected chi connectivity index (χ2v) is 12.4. The molecule has 3 aromatic carbocycles. The van der Waals surface area contributed by atoms with Crippen LogP contribution in [-0.4, -0.2) is 54.1 Å². The van der Waals surface area contributed by atoms with Gasteiger partial charge >= 0.3 is 6.09 Å². The Morgan fingerprint density at radius 2 is 1.86 bits per heavy atom. The van der Waals surface area contributed by atoms with Crippen molar-refractivity contribution in [2.45, 2.75) is 78.1 Å². The number of methoxy groups -OCH3 is 1. The highest BCUT2D eigenvalue weighted by molar-refractivity contribution is 9.10. The molecule has 0 bridgehead atoms. The molecular weight excluding hydrogens is 598 g/mol. The van der Waals surface area contributed by atoms with Gasteiger partial charge in [0.2, 0.25) is 11.8 Å². The minimum atomic E-state index is -0.772. The quantitative estimate of drug-likeness (QED) is 0.300. The van der Waals surface area contributed by atoms with Crippen LogP contribution >= 0.6 is 15.9 Å². The largest absolute Gasteiger partial charge is 0.496 e. The highest BCUT2D eigenvalue weighted by Gasteiger charge is 2.36. The lowest BCUT2D eigenvalue weighted by Gasteiger charge is -2.33. The maximum atomic E-state index is 14.3. The van der Waals surface area contributed by atoms with Crippen LogP contribution in [0.5, 0.6) is 5.75 Å². The number of carbonyl (C=O) groups is 3. The van der Waals surface area contributed by atoms with Gasteiger partial charge in [0.15, 0.2) is 0 Å². The number of carbonyl (C=O) groups excluding carboxylic acids is 3. The van der Waals surface area contributed by atoms with Crippen LogP contribution in [0, 0.1) is 0 Å². The Labute approximate surface area is 256 Å². The first-order chi connectivity index (χ1) is 20.0. The second-order valence-electron chi connectivity index (χ2n) is 11.5. The van der Waals surface area contributed by atoms with Crippen molar-refractivity contribution >= 4 is 50.3 Å². The van der Waals surface area contributed by atoms with Crippen molar-refractivity contribution in [1.82, 2.24) is 10.2 Å². The van der Waals surface area contributed by atoms with Gasteiger partial charge in [-0.05, 0) is 87.6 Å². The van der Waals surface area contributed by atoms with Crippen molar-refractivity contribution in [3.63, 3.8) is 0 Å². The van der Waals surface area contributed by atoms with E-state index in [1.807, 2.05) is 68.4 Å². The van der Waals surface area contributed by atoms with Gasteiger partial charge in [0.25, 0.3) is 0 Å². The summed E-state index contributed by atoms with van der Waals surface area (Å²) in [4.78, 5) is 44.0. The number of fused-ring (bicyclic) bond motifs is 2. The number of amides is 3. The third-order valence-corrected chi connectivity index (χ3v) is 7.98. The second kappa shape index (κ2) is 13.2. The number of nitrogens with one attached hydrogen (secondary N) is 1. The fraction of sp³-hybridized carbons (Fsp3) is 0.424. The molecule has 42 heavy (non-hydrogen) atoms. The monoisotopic (exact) mass is 637 g/mol. The van der Waals surface area contributed by atoms with E-state index in [0.29, 0.717) is 31.6 Å². The van der Waals surface area contributed by atoms with Crippen LogP contribution in [0.1, 0.15) is 58.6 Å². The molecule has 3 aromatic rings. The molecule has 0 aliphatic carbocycles. The number of ether oxygens (including phenoxy) is 2. The number of hydrogen-bond acceptors (Lipinski definition) is 5. The Morgan fingerprint density at radius 1 is 1.12 bits per heavy atom. The van der Waals surface area contributed by atoms with Crippen molar-refractivity contribution in [3.8, 4) is 5.75 Å². The molecule has 0 fully saturated rings. The zero-order chi connectivity index (χ0) is 30.6. The predicted octanol–water partition coefficient (Wildman–Crippen LogP) is 6.61. The molecular formula is C33H40BrN3O5. The molecule has 0 radical (unpaired) electrons. The van der Waals surface area contributed by atoms with Gasteiger partial charge in [-0.15, -0.1) is 0 Å². The van der Waals surface area contributed by atoms with Crippen molar-refractivity contribution in [2.75, 3.05) is 18.6 Å². The van der Waals surface area contributed by atoms with Gasteiger partial charge in [-0.1, -0.05) is 53.2 Å². The number of anilines is 1. The molecule has 1 aliphatic heterocycles. The van der Waals surface area contributed by atoms with E-state index >= 15 is 0 Å². The van der Waals surface area contributed by atoms with Gasteiger partial charge in [0, 0.05) is 22.3 Å². The number of benzene rings is 3. The molecule has 0 saturated carbocycles. The topological polar surface area (TPSA) is 88.2 Å². The number of rotatable bonds is 8. The third-order valence-electron chi connectivity index (χ3n) is 7.49. The molecule has 3 amide bonds. The Hall–Kier alpha value is -3.59. The molecule has 224 valence electrons. The molecule has 2 atom stereocenters. The van der Waals surface area contributed by atoms with E-state index in [9.17, 15) is 14.4 Å². The first-order valence-corrected chi connectivity index (χ1v) is 15.2. The van der Waals surface area contributed by atoms with Crippen LogP contribution in [0.2, 0.25) is 0 Å². The molecule has 0 spiro atoms. The fourth-order valence-corrected chi connectivity index (χ4v) is 5.86. The minimum absolute atomic E-state index is 0.209. The summed E-state index contributed by atoms with van der Waals surface area (Å²) in [7, 11) is 1.62. The Morgan fingerprint density at radius 3 is 2.52 bits per heavy atom. The molecule has 1 aliphatic rings. The summed E-state index contributed by atoms with van der Waals surface area (Å²) >= 11 is 3.55. The lowest BCUT2D eigenvalue weighted by Crippen LogP contribution is -2.55. The summed E-state index contributed by atoms with van der Waals surface area (Å²) in [5, 5.41) is 5.00. The minimum Gasteiger partial charge on any atom is -0.496 e. The van der Waals surface area contributed by atoms with Crippen LogP contribution in [-0.2, 0) is 27.3 Å². The van der Waals surface area contributed by atoms with E-state index in [1.165, 1.54) is 4.90 Å². The van der Waals surface area contributed by atoms with Crippen LogP contribution in [0.25, 0.3) is 10.8 Å². The van der Waals surface area contributed by atoms with Gasteiger partial charge in [0.05, 0.1) is 13.7 Å². The molecule has 1 N–H and O–H groups in total. The first-order valence-electron chi connectivity index (χ1n) is 14.4. The number of halogens is 1. The van der Waals surface area contributed by atoms with Crippen LogP contribution in [0.4, 0.5) is 10.5 Å².